The third-order valence-electron chi connectivity index (χ3n) is 5.33. The van der Waals surface area contributed by atoms with Crippen molar-refractivity contribution in [2.24, 2.45) is 5.92 Å². The molecular weight excluding hydrogens is 397 g/mol. The van der Waals surface area contributed by atoms with Gasteiger partial charge in [-0.3, -0.25) is 9.59 Å². The van der Waals surface area contributed by atoms with Crippen LogP contribution in [0, 0.1) is 25.6 Å². The van der Waals surface area contributed by atoms with Crippen LogP contribution in [-0.2, 0) is 0 Å². The summed E-state index contributed by atoms with van der Waals surface area (Å²) in [6.07, 6.45) is 0. The molecule has 1 atom stereocenters. The van der Waals surface area contributed by atoms with E-state index in [-0.39, 0.29) is 23.8 Å². The molecule has 162 valence electrons. The number of carbonyl (C=O) groups is 1. The number of carbonyl (C=O) groups excluding carboxylic acids is 1. The minimum atomic E-state index is -0.670. The smallest absolute Gasteiger partial charge is 0.284 e. The number of aliphatic hydroxyl groups is 1. The molecule has 0 saturated carbocycles. The quantitative estimate of drug-likeness (QED) is 0.637. The molecule has 6 nitrogen and oxygen atoms in total. The van der Waals surface area contributed by atoms with Crippen molar-refractivity contribution in [2.75, 3.05) is 6.61 Å². The van der Waals surface area contributed by atoms with E-state index in [9.17, 15) is 19.1 Å². The fourth-order valence-corrected chi connectivity index (χ4v) is 3.15. The summed E-state index contributed by atoms with van der Waals surface area (Å²) in [5.74, 6) is -1.16. The number of amides is 1. The van der Waals surface area contributed by atoms with Crippen LogP contribution in [0.15, 0.2) is 53.3 Å². The minimum Gasteiger partial charge on any atom is -0.394 e. The molecule has 0 spiro atoms. The molecule has 1 heterocycles. The summed E-state index contributed by atoms with van der Waals surface area (Å²) in [6, 6.07) is 12.1. The fraction of sp³-hybridized carbons (Fsp3) is 0.292. The maximum absolute atomic E-state index is 13.8. The first-order valence-electron chi connectivity index (χ1n) is 10.1. The van der Waals surface area contributed by atoms with Crippen molar-refractivity contribution in [2.45, 2.75) is 33.7 Å². The van der Waals surface area contributed by atoms with Crippen LogP contribution >= 0.6 is 0 Å². The Morgan fingerprint density at radius 1 is 1.13 bits per heavy atom. The van der Waals surface area contributed by atoms with E-state index in [4.69, 9.17) is 0 Å². The summed E-state index contributed by atoms with van der Waals surface area (Å²) < 4.78 is 14.9. The van der Waals surface area contributed by atoms with Crippen molar-refractivity contribution in [3.05, 3.63) is 81.4 Å². The number of hydrogen-bond donors (Lipinski definition) is 2. The Labute approximate surface area is 180 Å². The summed E-state index contributed by atoms with van der Waals surface area (Å²) in [4.78, 5) is 26.1. The van der Waals surface area contributed by atoms with Gasteiger partial charge in [0.05, 0.1) is 24.0 Å². The van der Waals surface area contributed by atoms with Gasteiger partial charge in [-0.25, -0.2) is 4.39 Å². The van der Waals surface area contributed by atoms with Crippen LogP contribution in [0.4, 0.5) is 4.39 Å². The minimum absolute atomic E-state index is 0.0274. The monoisotopic (exact) mass is 423 g/mol. The number of aliphatic hydroxyl groups excluding tert-OH is 1. The lowest BCUT2D eigenvalue weighted by Crippen LogP contribution is -2.43. The van der Waals surface area contributed by atoms with E-state index in [1.165, 1.54) is 24.3 Å². The molecule has 0 aliphatic carbocycles. The molecule has 1 unspecified atom stereocenters. The molecule has 2 aromatic carbocycles. The van der Waals surface area contributed by atoms with Crippen LogP contribution in [0.3, 0.4) is 0 Å². The van der Waals surface area contributed by atoms with Crippen molar-refractivity contribution < 1.29 is 14.3 Å². The number of rotatable bonds is 6. The zero-order valence-electron chi connectivity index (χ0n) is 18.0. The summed E-state index contributed by atoms with van der Waals surface area (Å²) in [7, 11) is 0. The number of nitrogens with one attached hydrogen (secondary N) is 1. The van der Waals surface area contributed by atoms with E-state index in [0.29, 0.717) is 5.69 Å². The standard InChI is InChI=1S/C24H26FN3O3/c1-14(2)22(13-29)26-23(30)20-12-21(17-9-8-15(3)16(4)10-17)27-28(24(20)31)19-7-5-6-18(25)11-19/h5-12,14,22,29H,13H2,1-4H3,(H,26,30). The Kier molecular flexibility index (Phi) is 6.65. The van der Waals surface area contributed by atoms with E-state index in [1.807, 2.05) is 45.9 Å². The Balaban J connectivity index is 2.19. The molecule has 0 bridgehead atoms. The molecule has 1 aromatic heterocycles. The van der Waals surface area contributed by atoms with Crippen molar-refractivity contribution >= 4 is 5.91 Å². The molecule has 0 fully saturated rings. The second kappa shape index (κ2) is 9.22. The second-order valence-electron chi connectivity index (χ2n) is 7.95. The van der Waals surface area contributed by atoms with Gasteiger partial charge in [0.2, 0.25) is 0 Å². The summed E-state index contributed by atoms with van der Waals surface area (Å²) >= 11 is 0. The molecule has 1 amide bonds. The normalized spacial score (nSPS) is 12.1. The van der Waals surface area contributed by atoms with E-state index < -0.39 is 23.3 Å². The molecule has 2 N–H and O–H groups in total. The summed E-state index contributed by atoms with van der Waals surface area (Å²) in [5.41, 5.74) is 2.68. The highest BCUT2D eigenvalue weighted by Crippen LogP contribution is 2.21. The van der Waals surface area contributed by atoms with Gasteiger partial charge >= 0.3 is 0 Å². The lowest BCUT2D eigenvalue weighted by molar-refractivity contribution is 0.0894. The maximum atomic E-state index is 13.8. The molecule has 31 heavy (non-hydrogen) atoms. The van der Waals surface area contributed by atoms with Gasteiger partial charge in [0, 0.05) is 5.56 Å². The summed E-state index contributed by atoms with van der Waals surface area (Å²) in [5, 5.41) is 16.7. The summed E-state index contributed by atoms with van der Waals surface area (Å²) in [6.45, 7) is 7.42. The van der Waals surface area contributed by atoms with Crippen LogP contribution in [0.2, 0.25) is 0 Å². The highest BCUT2D eigenvalue weighted by atomic mass is 19.1. The van der Waals surface area contributed by atoms with E-state index in [0.717, 1.165) is 21.4 Å². The van der Waals surface area contributed by atoms with E-state index in [1.54, 1.807) is 6.07 Å². The average Bonchev–Trinajstić information content (AvgIpc) is 2.73. The molecule has 0 saturated heterocycles. The second-order valence-corrected chi connectivity index (χ2v) is 7.95. The third kappa shape index (κ3) is 4.88. The zero-order valence-corrected chi connectivity index (χ0v) is 18.0. The first-order valence-corrected chi connectivity index (χ1v) is 10.1. The van der Waals surface area contributed by atoms with Gasteiger partial charge in [-0.2, -0.15) is 9.78 Å². The van der Waals surface area contributed by atoms with E-state index >= 15 is 0 Å². The number of aryl methyl sites for hydroxylation is 2. The predicted molar refractivity (Wildman–Crippen MR) is 118 cm³/mol. The largest absolute Gasteiger partial charge is 0.394 e. The fourth-order valence-electron chi connectivity index (χ4n) is 3.15. The average molecular weight is 423 g/mol. The first kappa shape index (κ1) is 22.4. The van der Waals surface area contributed by atoms with Gasteiger partial charge in [0.1, 0.15) is 11.4 Å². The van der Waals surface area contributed by atoms with Crippen LogP contribution in [-0.4, -0.2) is 33.4 Å². The van der Waals surface area contributed by atoms with Crippen LogP contribution in [0.5, 0.6) is 0 Å². The molecular formula is C24H26FN3O3. The van der Waals surface area contributed by atoms with Gasteiger partial charge in [-0.15, -0.1) is 0 Å². The molecule has 3 rings (SSSR count). The van der Waals surface area contributed by atoms with Gasteiger partial charge in [0.15, 0.2) is 0 Å². The highest BCUT2D eigenvalue weighted by molar-refractivity contribution is 5.95. The number of nitrogens with zero attached hydrogens (tertiary/aromatic N) is 2. The van der Waals surface area contributed by atoms with Gasteiger partial charge < -0.3 is 10.4 Å². The topological polar surface area (TPSA) is 84.2 Å². The van der Waals surface area contributed by atoms with Gasteiger partial charge in [-0.1, -0.05) is 32.0 Å². The molecule has 0 aliphatic heterocycles. The van der Waals surface area contributed by atoms with Gasteiger partial charge in [-0.05, 0) is 61.2 Å². The van der Waals surface area contributed by atoms with Crippen molar-refractivity contribution in [1.29, 1.82) is 0 Å². The first-order chi connectivity index (χ1) is 14.7. The van der Waals surface area contributed by atoms with Gasteiger partial charge in [0.25, 0.3) is 11.5 Å². The predicted octanol–water partition coefficient (Wildman–Crippen LogP) is 3.40. The molecule has 3 aromatic rings. The molecule has 0 radical (unpaired) electrons. The SMILES string of the molecule is Cc1ccc(-c2cc(C(=O)NC(CO)C(C)C)c(=O)n(-c3cccc(F)c3)n2)cc1C. The van der Waals surface area contributed by atoms with E-state index in [2.05, 4.69) is 10.4 Å². The van der Waals surface area contributed by atoms with Crippen molar-refractivity contribution in [3.63, 3.8) is 0 Å². The van der Waals surface area contributed by atoms with Crippen LogP contribution < -0.4 is 10.9 Å². The highest BCUT2D eigenvalue weighted by Gasteiger charge is 2.22. The lowest BCUT2D eigenvalue weighted by Gasteiger charge is -2.20. The van der Waals surface area contributed by atoms with Crippen molar-refractivity contribution in [3.8, 4) is 16.9 Å². The third-order valence-corrected chi connectivity index (χ3v) is 5.33. The number of aromatic nitrogens is 2. The van der Waals surface area contributed by atoms with Crippen LogP contribution in [0.1, 0.15) is 35.3 Å². The molecule has 0 aliphatic rings. The number of halogens is 1. The Hall–Kier alpha value is -3.32. The Bertz CT molecular complexity index is 1170. The molecule has 7 heteroatoms. The number of benzene rings is 2. The van der Waals surface area contributed by atoms with Crippen LogP contribution in [0.25, 0.3) is 16.9 Å². The number of hydrogen-bond acceptors (Lipinski definition) is 4. The Morgan fingerprint density at radius 2 is 1.87 bits per heavy atom. The maximum Gasteiger partial charge on any atom is 0.284 e. The Morgan fingerprint density at radius 3 is 2.48 bits per heavy atom. The lowest BCUT2D eigenvalue weighted by atomic mass is 10.0. The zero-order chi connectivity index (χ0) is 22.7. The van der Waals surface area contributed by atoms with Crippen molar-refractivity contribution in [1.82, 2.24) is 15.1 Å².